The number of benzene rings is 2. The number of aliphatic hydroxyl groups excluding tert-OH is 1. The van der Waals surface area contributed by atoms with E-state index in [0.717, 1.165) is 16.8 Å². The second-order valence-corrected chi connectivity index (χ2v) is 7.07. The van der Waals surface area contributed by atoms with Gasteiger partial charge in [-0.3, -0.25) is 4.79 Å². The SMILES string of the molecule is O=c1c2nc(-c3ccc(Cl)cc3)n(CCO)c2nc2[nH]c(-c3ccccc3)cn12. The lowest BCUT2D eigenvalue weighted by atomic mass is 10.2. The largest absolute Gasteiger partial charge is 0.395 e. The van der Waals surface area contributed by atoms with Crippen molar-refractivity contribution in [2.75, 3.05) is 6.61 Å². The van der Waals surface area contributed by atoms with Gasteiger partial charge in [-0.1, -0.05) is 41.9 Å². The molecule has 7 nitrogen and oxygen atoms in total. The Labute approximate surface area is 169 Å². The minimum Gasteiger partial charge on any atom is -0.395 e. The zero-order chi connectivity index (χ0) is 20.0. The first-order valence-electron chi connectivity index (χ1n) is 9.09. The monoisotopic (exact) mass is 405 g/mol. The van der Waals surface area contributed by atoms with Gasteiger partial charge in [0, 0.05) is 23.3 Å². The molecule has 0 aliphatic carbocycles. The van der Waals surface area contributed by atoms with Crippen LogP contribution in [-0.2, 0) is 6.54 Å². The van der Waals surface area contributed by atoms with Crippen LogP contribution < -0.4 is 5.56 Å². The molecule has 0 saturated carbocycles. The topological polar surface area (TPSA) is 88.2 Å². The average molecular weight is 406 g/mol. The minimum absolute atomic E-state index is 0.104. The van der Waals surface area contributed by atoms with Crippen LogP contribution in [0.15, 0.2) is 65.6 Å². The van der Waals surface area contributed by atoms with Crippen LogP contribution >= 0.6 is 11.6 Å². The third-order valence-electron chi connectivity index (χ3n) is 4.82. The Morgan fingerprint density at radius 3 is 2.48 bits per heavy atom. The fourth-order valence-corrected chi connectivity index (χ4v) is 3.58. The van der Waals surface area contributed by atoms with E-state index in [0.29, 0.717) is 22.3 Å². The molecule has 0 spiro atoms. The Hall–Kier alpha value is -3.42. The second kappa shape index (κ2) is 6.88. The van der Waals surface area contributed by atoms with Crippen LogP contribution in [0.3, 0.4) is 0 Å². The summed E-state index contributed by atoms with van der Waals surface area (Å²) in [6, 6.07) is 16.9. The van der Waals surface area contributed by atoms with E-state index in [4.69, 9.17) is 11.6 Å². The third-order valence-corrected chi connectivity index (χ3v) is 5.07. The lowest BCUT2D eigenvalue weighted by molar-refractivity contribution is 0.278. The molecular weight excluding hydrogens is 390 g/mol. The van der Waals surface area contributed by atoms with Crippen molar-refractivity contribution < 1.29 is 5.11 Å². The molecule has 3 heterocycles. The van der Waals surface area contributed by atoms with Crippen molar-refractivity contribution in [1.29, 1.82) is 0 Å². The van der Waals surface area contributed by atoms with Crippen LogP contribution in [0.1, 0.15) is 0 Å². The highest BCUT2D eigenvalue weighted by molar-refractivity contribution is 6.30. The predicted molar refractivity (Wildman–Crippen MR) is 112 cm³/mol. The van der Waals surface area contributed by atoms with Crippen molar-refractivity contribution in [3.05, 3.63) is 76.2 Å². The molecule has 29 heavy (non-hydrogen) atoms. The molecule has 3 aromatic heterocycles. The van der Waals surface area contributed by atoms with Crippen molar-refractivity contribution in [2.45, 2.75) is 6.54 Å². The molecule has 0 unspecified atom stereocenters. The normalized spacial score (nSPS) is 11.5. The van der Waals surface area contributed by atoms with Crippen LogP contribution in [0.4, 0.5) is 0 Å². The Balaban J connectivity index is 1.76. The van der Waals surface area contributed by atoms with E-state index in [1.54, 1.807) is 22.9 Å². The maximum absolute atomic E-state index is 13.1. The molecule has 144 valence electrons. The highest BCUT2D eigenvalue weighted by atomic mass is 35.5. The maximum atomic E-state index is 13.1. The van der Waals surface area contributed by atoms with Crippen molar-refractivity contribution in [1.82, 2.24) is 23.9 Å². The number of aliphatic hydroxyl groups is 1. The van der Waals surface area contributed by atoms with E-state index in [1.807, 2.05) is 42.5 Å². The number of nitrogens with zero attached hydrogens (tertiary/aromatic N) is 4. The van der Waals surface area contributed by atoms with E-state index in [1.165, 1.54) is 4.40 Å². The van der Waals surface area contributed by atoms with Gasteiger partial charge >= 0.3 is 0 Å². The van der Waals surface area contributed by atoms with Gasteiger partial charge in [-0.05, 0) is 29.8 Å². The van der Waals surface area contributed by atoms with Gasteiger partial charge in [0.2, 0.25) is 5.78 Å². The number of hydrogen-bond acceptors (Lipinski definition) is 4. The van der Waals surface area contributed by atoms with Gasteiger partial charge in [0.05, 0.1) is 12.3 Å². The molecule has 0 radical (unpaired) electrons. The van der Waals surface area contributed by atoms with Gasteiger partial charge in [0.25, 0.3) is 5.56 Å². The summed E-state index contributed by atoms with van der Waals surface area (Å²) >= 11 is 5.99. The number of aromatic nitrogens is 5. The molecule has 2 N–H and O–H groups in total. The highest BCUT2D eigenvalue weighted by Crippen LogP contribution is 2.25. The first-order valence-corrected chi connectivity index (χ1v) is 9.47. The third kappa shape index (κ3) is 2.91. The summed E-state index contributed by atoms with van der Waals surface area (Å²) < 4.78 is 3.22. The zero-order valence-corrected chi connectivity index (χ0v) is 16.0. The van der Waals surface area contributed by atoms with E-state index < -0.39 is 0 Å². The summed E-state index contributed by atoms with van der Waals surface area (Å²) in [6.07, 6.45) is 1.73. The van der Waals surface area contributed by atoms with Crippen molar-refractivity contribution in [3.8, 4) is 22.6 Å². The van der Waals surface area contributed by atoms with E-state index in [-0.39, 0.29) is 24.2 Å². The van der Waals surface area contributed by atoms with Gasteiger partial charge in [-0.15, -0.1) is 0 Å². The minimum atomic E-state index is -0.268. The molecule has 0 bridgehead atoms. The standard InChI is InChI=1S/C21H16ClN5O2/c22-15-8-6-14(7-9-15)18-24-17-19(26(18)10-11-28)25-21-23-16(12-27(21)20(17)29)13-4-2-1-3-5-13/h1-9,12,28H,10-11H2,(H,23,25). The van der Waals surface area contributed by atoms with Crippen molar-refractivity contribution in [2.24, 2.45) is 0 Å². The molecule has 0 fully saturated rings. The zero-order valence-electron chi connectivity index (χ0n) is 15.2. The molecule has 0 saturated heterocycles. The summed E-state index contributed by atoms with van der Waals surface area (Å²) in [5.74, 6) is 0.981. The Bertz CT molecular complexity index is 1380. The quantitative estimate of drug-likeness (QED) is 0.480. The van der Waals surface area contributed by atoms with E-state index in [2.05, 4.69) is 15.0 Å². The summed E-state index contributed by atoms with van der Waals surface area (Å²) in [7, 11) is 0. The number of rotatable bonds is 4. The van der Waals surface area contributed by atoms with Crippen molar-refractivity contribution in [3.63, 3.8) is 0 Å². The van der Waals surface area contributed by atoms with Crippen LogP contribution in [0.25, 0.3) is 39.6 Å². The molecule has 0 amide bonds. The maximum Gasteiger partial charge on any atom is 0.287 e. The van der Waals surface area contributed by atoms with Crippen molar-refractivity contribution >= 4 is 28.5 Å². The van der Waals surface area contributed by atoms with Crippen LogP contribution in [0, 0.1) is 0 Å². The molecule has 0 aliphatic rings. The van der Waals surface area contributed by atoms with E-state index in [9.17, 15) is 9.90 Å². The molecule has 5 rings (SSSR count). The number of halogens is 1. The summed E-state index contributed by atoms with van der Waals surface area (Å²) in [6.45, 7) is 0.163. The van der Waals surface area contributed by atoms with Gasteiger partial charge in [0.1, 0.15) is 5.82 Å². The van der Waals surface area contributed by atoms with Gasteiger partial charge in [-0.2, -0.15) is 4.98 Å². The van der Waals surface area contributed by atoms with Gasteiger partial charge in [-0.25, -0.2) is 9.38 Å². The lowest BCUT2D eigenvalue weighted by Crippen LogP contribution is -2.14. The number of H-pyrrole nitrogens is 1. The number of imidazole rings is 2. The Kier molecular flexibility index (Phi) is 4.19. The number of hydrogen-bond donors (Lipinski definition) is 2. The van der Waals surface area contributed by atoms with Crippen LogP contribution in [-0.4, -0.2) is 35.6 Å². The van der Waals surface area contributed by atoms with Gasteiger partial charge in [0.15, 0.2) is 11.2 Å². The van der Waals surface area contributed by atoms with Gasteiger partial charge < -0.3 is 14.7 Å². The summed E-state index contributed by atoms with van der Waals surface area (Å²) in [4.78, 5) is 25.5. The number of nitrogens with one attached hydrogen (secondary N) is 1. The van der Waals surface area contributed by atoms with Crippen LogP contribution in [0.5, 0.6) is 0 Å². The molecular formula is C21H16ClN5O2. The first-order chi connectivity index (χ1) is 14.2. The molecule has 0 aliphatic heterocycles. The fourth-order valence-electron chi connectivity index (χ4n) is 3.45. The smallest absolute Gasteiger partial charge is 0.287 e. The summed E-state index contributed by atoms with van der Waals surface area (Å²) in [5, 5.41) is 10.2. The lowest BCUT2D eigenvalue weighted by Gasteiger charge is -2.06. The number of aromatic amines is 1. The summed E-state index contributed by atoms with van der Waals surface area (Å²) in [5.41, 5.74) is 2.94. The Morgan fingerprint density at radius 2 is 1.76 bits per heavy atom. The molecule has 0 atom stereocenters. The fraction of sp³-hybridized carbons (Fsp3) is 0.0952. The Morgan fingerprint density at radius 1 is 1.00 bits per heavy atom. The average Bonchev–Trinajstić information content (AvgIpc) is 3.33. The molecule has 2 aromatic carbocycles. The van der Waals surface area contributed by atoms with Crippen LogP contribution in [0.2, 0.25) is 5.02 Å². The highest BCUT2D eigenvalue weighted by Gasteiger charge is 2.19. The first kappa shape index (κ1) is 17.7. The molecule has 8 heteroatoms. The second-order valence-electron chi connectivity index (χ2n) is 6.63. The predicted octanol–water partition coefficient (Wildman–Crippen LogP) is 3.35. The molecule has 5 aromatic rings. The number of fused-ring (bicyclic) bond motifs is 2. The van der Waals surface area contributed by atoms with E-state index >= 15 is 0 Å².